The Morgan fingerprint density at radius 3 is 2.25 bits per heavy atom. The molecule has 3 heterocycles. The molecule has 1 aromatic heterocycles. The van der Waals surface area contributed by atoms with E-state index in [1.807, 2.05) is 27.7 Å². The third-order valence-corrected chi connectivity index (χ3v) is 4.62. The third-order valence-electron chi connectivity index (χ3n) is 4.62. The Morgan fingerprint density at radius 1 is 1.20 bits per heavy atom. The van der Waals surface area contributed by atoms with Crippen molar-refractivity contribution in [1.29, 1.82) is 0 Å². The van der Waals surface area contributed by atoms with E-state index in [4.69, 9.17) is 9.31 Å². The standard InChI is InChI=1S/C14H20BFN2O2/c1-13(2)14(3,4)20-15(19-13)11-6-5-10(12(16)18-11)9-7-17-8-9/h5-6,9,17H,7-8H2,1-4H3. The maximum atomic E-state index is 14.1. The van der Waals surface area contributed by atoms with Crippen molar-refractivity contribution in [2.24, 2.45) is 0 Å². The summed E-state index contributed by atoms with van der Waals surface area (Å²) in [5.74, 6) is -0.182. The molecule has 108 valence electrons. The molecule has 0 aromatic carbocycles. The molecule has 0 amide bonds. The minimum absolute atomic E-state index is 0.231. The predicted octanol–water partition coefficient (Wildman–Crippen LogP) is 1.21. The highest BCUT2D eigenvalue weighted by atomic mass is 19.1. The van der Waals surface area contributed by atoms with Gasteiger partial charge in [-0.3, -0.25) is 0 Å². The van der Waals surface area contributed by atoms with Crippen LogP contribution in [-0.2, 0) is 9.31 Å². The predicted molar refractivity (Wildman–Crippen MR) is 75.5 cm³/mol. The van der Waals surface area contributed by atoms with Gasteiger partial charge in [0.25, 0.3) is 0 Å². The van der Waals surface area contributed by atoms with E-state index >= 15 is 0 Å². The number of halogens is 1. The molecule has 1 aromatic rings. The maximum Gasteiger partial charge on any atom is 0.514 e. The molecule has 0 atom stereocenters. The SMILES string of the molecule is CC1(C)OB(c2ccc(C3CNC3)c(F)n2)OC1(C)C. The average molecular weight is 278 g/mol. The molecule has 3 rings (SSSR count). The van der Waals surface area contributed by atoms with Crippen molar-refractivity contribution in [1.82, 2.24) is 10.3 Å². The van der Waals surface area contributed by atoms with E-state index in [0.29, 0.717) is 11.2 Å². The minimum Gasteiger partial charge on any atom is -0.398 e. The van der Waals surface area contributed by atoms with Gasteiger partial charge in [0.1, 0.15) is 0 Å². The van der Waals surface area contributed by atoms with Crippen LogP contribution in [0.3, 0.4) is 0 Å². The lowest BCUT2D eigenvalue weighted by Crippen LogP contribution is -2.42. The van der Waals surface area contributed by atoms with E-state index in [1.54, 1.807) is 12.1 Å². The van der Waals surface area contributed by atoms with Crippen molar-refractivity contribution >= 4 is 12.7 Å². The number of pyridine rings is 1. The second kappa shape index (κ2) is 4.51. The van der Waals surface area contributed by atoms with Crippen LogP contribution in [0.5, 0.6) is 0 Å². The molecular weight excluding hydrogens is 258 g/mol. The highest BCUT2D eigenvalue weighted by Crippen LogP contribution is 2.36. The van der Waals surface area contributed by atoms with Crippen LogP contribution < -0.4 is 10.9 Å². The first-order chi connectivity index (χ1) is 9.30. The third kappa shape index (κ3) is 2.16. The second-order valence-electron chi connectivity index (χ2n) is 6.56. The number of rotatable bonds is 2. The zero-order valence-electron chi connectivity index (χ0n) is 12.4. The molecule has 2 aliphatic rings. The van der Waals surface area contributed by atoms with Crippen LogP contribution in [0.1, 0.15) is 39.2 Å². The van der Waals surface area contributed by atoms with Gasteiger partial charge >= 0.3 is 7.12 Å². The van der Waals surface area contributed by atoms with Crippen molar-refractivity contribution in [3.63, 3.8) is 0 Å². The largest absolute Gasteiger partial charge is 0.514 e. The topological polar surface area (TPSA) is 43.4 Å². The molecule has 2 saturated heterocycles. The lowest BCUT2D eigenvalue weighted by atomic mass is 9.83. The van der Waals surface area contributed by atoms with Crippen LogP contribution in [0.25, 0.3) is 0 Å². The summed E-state index contributed by atoms with van der Waals surface area (Å²) in [6.45, 7) is 9.51. The Morgan fingerprint density at radius 2 is 1.80 bits per heavy atom. The van der Waals surface area contributed by atoms with E-state index in [-0.39, 0.29) is 5.92 Å². The molecule has 0 unspecified atom stereocenters. The van der Waals surface area contributed by atoms with Gasteiger partial charge in [0.05, 0.1) is 16.8 Å². The van der Waals surface area contributed by atoms with E-state index in [2.05, 4.69) is 10.3 Å². The molecule has 2 fully saturated rings. The van der Waals surface area contributed by atoms with Crippen molar-refractivity contribution in [2.75, 3.05) is 13.1 Å². The van der Waals surface area contributed by atoms with Gasteiger partial charge in [-0.25, -0.2) is 4.98 Å². The fourth-order valence-corrected chi connectivity index (χ4v) is 2.37. The van der Waals surface area contributed by atoms with E-state index in [1.165, 1.54) is 0 Å². The Labute approximate surface area is 119 Å². The van der Waals surface area contributed by atoms with Crippen LogP contribution in [0.4, 0.5) is 4.39 Å². The number of aromatic nitrogens is 1. The van der Waals surface area contributed by atoms with Crippen LogP contribution in [0, 0.1) is 5.95 Å². The monoisotopic (exact) mass is 278 g/mol. The normalized spacial score (nSPS) is 24.8. The Balaban J connectivity index is 1.83. The van der Waals surface area contributed by atoms with Gasteiger partial charge in [-0.2, -0.15) is 4.39 Å². The van der Waals surface area contributed by atoms with Gasteiger partial charge in [-0.15, -0.1) is 0 Å². The molecular formula is C14H20BFN2O2. The summed E-state index contributed by atoms with van der Waals surface area (Å²) in [6.07, 6.45) is 0. The fourth-order valence-electron chi connectivity index (χ4n) is 2.37. The van der Waals surface area contributed by atoms with Gasteiger partial charge in [0, 0.05) is 24.6 Å². The number of hydrogen-bond acceptors (Lipinski definition) is 4. The van der Waals surface area contributed by atoms with Gasteiger partial charge in [-0.05, 0) is 33.8 Å². The molecule has 20 heavy (non-hydrogen) atoms. The zero-order chi connectivity index (χ0) is 14.5. The van der Waals surface area contributed by atoms with Crippen LogP contribution in [0.15, 0.2) is 12.1 Å². The number of hydrogen-bond donors (Lipinski definition) is 1. The first kappa shape index (κ1) is 14.0. The molecule has 0 saturated carbocycles. The average Bonchev–Trinajstić information content (AvgIpc) is 2.48. The van der Waals surface area contributed by atoms with Crippen molar-refractivity contribution in [3.05, 3.63) is 23.6 Å². The summed E-state index contributed by atoms with van der Waals surface area (Å²) in [4.78, 5) is 4.04. The summed E-state index contributed by atoms with van der Waals surface area (Å²) in [5, 5.41) is 3.13. The van der Waals surface area contributed by atoms with E-state index in [0.717, 1.165) is 13.1 Å². The molecule has 0 aliphatic carbocycles. The van der Waals surface area contributed by atoms with E-state index in [9.17, 15) is 4.39 Å². The van der Waals surface area contributed by atoms with E-state index < -0.39 is 24.3 Å². The first-order valence-corrected chi connectivity index (χ1v) is 7.03. The van der Waals surface area contributed by atoms with Crippen LogP contribution in [0.2, 0.25) is 0 Å². The molecule has 6 heteroatoms. The molecule has 0 radical (unpaired) electrons. The Hall–Kier alpha value is -0.975. The highest BCUT2D eigenvalue weighted by Gasteiger charge is 2.52. The Kier molecular flexibility index (Phi) is 3.16. The molecule has 1 N–H and O–H groups in total. The summed E-state index contributed by atoms with van der Waals surface area (Å²) in [5.41, 5.74) is 0.292. The van der Waals surface area contributed by atoms with Gasteiger partial charge in [0.2, 0.25) is 5.95 Å². The summed E-state index contributed by atoms with van der Waals surface area (Å²) in [6, 6.07) is 3.60. The van der Waals surface area contributed by atoms with Crippen LogP contribution >= 0.6 is 0 Å². The van der Waals surface area contributed by atoms with Crippen molar-refractivity contribution in [3.8, 4) is 0 Å². The Bertz CT molecular complexity index is 516. The van der Waals surface area contributed by atoms with Crippen molar-refractivity contribution in [2.45, 2.75) is 44.8 Å². The molecule has 0 bridgehead atoms. The smallest absolute Gasteiger partial charge is 0.398 e. The lowest BCUT2D eigenvalue weighted by Gasteiger charge is -2.32. The lowest BCUT2D eigenvalue weighted by molar-refractivity contribution is 0.00578. The fraction of sp³-hybridized carbons (Fsp3) is 0.643. The van der Waals surface area contributed by atoms with Gasteiger partial charge in [0.15, 0.2) is 0 Å². The first-order valence-electron chi connectivity index (χ1n) is 7.03. The number of nitrogens with one attached hydrogen (secondary N) is 1. The van der Waals surface area contributed by atoms with Crippen LogP contribution in [-0.4, -0.2) is 36.4 Å². The molecule has 4 nitrogen and oxygen atoms in total. The van der Waals surface area contributed by atoms with Gasteiger partial charge < -0.3 is 14.6 Å². The molecule has 2 aliphatic heterocycles. The summed E-state index contributed by atoms with van der Waals surface area (Å²) >= 11 is 0. The van der Waals surface area contributed by atoms with Crippen molar-refractivity contribution < 1.29 is 13.7 Å². The second-order valence-corrected chi connectivity index (χ2v) is 6.56. The summed E-state index contributed by atoms with van der Waals surface area (Å²) < 4.78 is 25.9. The zero-order valence-corrected chi connectivity index (χ0v) is 12.4. The summed E-state index contributed by atoms with van der Waals surface area (Å²) in [7, 11) is -0.608. The highest BCUT2D eigenvalue weighted by molar-refractivity contribution is 6.61. The number of nitrogens with zero attached hydrogens (tertiary/aromatic N) is 1. The molecule has 0 spiro atoms. The maximum absolute atomic E-state index is 14.1. The quantitative estimate of drug-likeness (QED) is 0.652. The van der Waals surface area contributed by atoms with Gasteiger partial charge in [-0.1, -0.05) is 6.07 Å². The minimum atomic E-state index is -0.608.